The van der Waals surface area contributed by atoms with Gasteiger partial charge in [0, 0.05) is 35.6 Å². The van der Waals surface area contributed by atoms with E-state index in [0.717, 1.165) is 0 Å². The van der Waals surface area contributed by atoms with Crippen molar-refractivity contribution in [3.8, 4) is 11.8 Å². The van der Waals surface area contributed by atoms with Gasteiger partial charge in [0.25, 0.3) is 0 Å². The molecule has 0 bridgehead atoms. The van der Waals surface area contributed by atoms with Crippen LogP contribution in [0.15, 0.2) is 18.2 Å². The maximum absolute atomic E-state index is 12.1. The second-order valence-corrected chi connectivity index (χ2v) is 7.60. The predicted molar refractivity (Wildman–Crippen MR) is 77.8 cm³/mol. The van der Waals surface area contributed by atoms with Crippen LogP contribution in [0.4, 0.5) is 5.69 Å². The number of carbonyl (C=O) groups excluding carboxylic acids is 1. The van der Waals surface area contributed by atoms with Crippen LogP contribution in [0.3, 0.4) is 0 Å². The first-order chi connectivity index (χ1) is 9.84. The average Bonchev–Trinajstić information content (AvgIpc) is 2.76. The molecule has 1 amide bonds. The summed E-state index contributed by atoms with van der Waals surface area (Å²) in [6.07, 6.45) is 0.0913. The molecule has 1 atom stereocenters. The average molecular weight is 329 g/mol. The third-order valence-corrected chi connectivity index (χ3v) is 4.50. The Morgan fingerprint density at radius 3 is 2.81 bits per heavy atom. The second-order valence-electron chi connectivity index (χ2n) is 4.77. The Hall–Kier alpha value is -1.78. The molecule has 0 aromatic heterocycles. The summed E-state index contributed by atoms with van der Waals surface area (Å²) in [4.78, 5) is 13.5. The summed E-state index contributed by atoms with van der Waals surface area (Å²) in [5.74, 6) is -0.351. The molecule has 1 unspecified atom stereocenters. The van der Waals surface area contributed by atoms with Crippen molar-refractivity contribution >= 4 is 31.3 Å². The molecule has 1 saturated heterocycles. The Bertz CT molecular complexity index is 711. The fourth-order valence-corrected chi connectivity index (χ4v) is 3.68. The van der Waals surface area contributed by atoms with E-state index in [4.69, 9.17) is 20.7 Å². The molecule has 0 saturated carbocycles. The summed E-state index contributed by atoms with van der Waals surface area (Å²) >= 11 is 0. The van der Waals surface area contributed by atoms with Crippen LogP contribution in [0.25, 0.3) is 0 Å². The van der Waals surface area contributed by atoms with Gasteiger partial charge in [-0.25, -0.2) is 8.42 Å². The lowest BCUT2D eigenvalue weighted by molar-refractivity contribution is -0.117. The molecule has 0 aliphatic carbocycles. The molecule has 1 aromatic carbocycles. The number of nitrogens with zero attached hydrogens (tertiary/aromatic N) is 2. The molecule has 8 heteroatoms. The van der Waals surface area contributed by atoms with E-state index in [1.807, 2.05) is 6.07 Å². The lowest BCUT2D eigenvalue weighted by Gasteiger charge is -2.18. The summed E-state index contributed by atoms with van der Waals surface area (Å²) in [6.45, 7) is 0.215. The Balaban J connectivity index is 2.30. The summed E-state index contributed by atoms with van der Waals surface area (Å²) < 4.78 is 27.3. The van der Waals surface area contributed by atoms with Crippen LogP contribution < -0.4 is 9.64 Å². The first kappa shape index (κ1) is 15.6. The number of amides is 1. The van der Waals surface area contributed by atoms with Crippen LogP contribution >= 0.6 is 10.7 Å². The van der Waals surface area contributed by atoms with E-state index >= 15 is 0 Å². The number of methoxy groups -OCH3 is 1. The van der Waals surface area contributed by atoms with E-state index in [9.17, 15) is 13.2 Å². The fourth-order valence-electron chi connectivity index (χ4n) is 2.36. The molecular formula is C13H13ClN2O4S. The summed E-state index contributed by atoms with van der Waals surface area (Å²) in [5.41, 5.74) is 0.759. The molecule has 1 aliphatic rings. The van der Waals surface area contributed by atoms with Gasteiger partial charge in [0.2, 0.25) is 15.0 Å². The zero-order valence-corrected chi connectivity index (χ0v) is 12.8. The van der Waals surface area contributed by atoms with Gasteiger partial charge in [0.1, 0.15) is 11.8 Å². The topological polar surface area (TPSA) is 87.5 Å². The number of hydrogen-bond donors (Lipinski definition) is 0. The molecular weight excluding hydrogens is 316 g/mol. The van der Waals surface area contributed by atoms with E-state index in [-0.39, 0.29) is 30.5 Å². The molecule has 6 nitrogen and oxygen atoms in total. The number of nitriles is 1. The monoisotopic (exact) mass is 328 g/mol. The highest BCUT2D eigenvalue weighted by atomic mass is 35.7. The van der Waals surface area contributed by atoms with Gasteiger partial charge < -0.3 is 9.64 Å². The Kier molecular flexibility index (Phi) is 4.40. The molecule has 0 radical (unpaired) electrons. The van der Waals surface area contributed by atoms with Crippen LogP contribution in [0.5, 0.6) is 5.75 Å². The highest BCUT2D eigenvalue weighted by Crippen LogP contribution is 2.31. The quantitative estimate of drug-likeness (QED) is 0.781. The molecule has 112 valence electrons. The van der Waals surface area contributed by atoms with Crippen molar-refractivity contribution in [3.05, 3.63) is 23.8 Å². The highest BCUT2D eigenvalue weighted by molar-refractivity contribution is 8.13. The van der Waals surface area contributed by atoms with Crippen molar-refractivity contribution < 1.29 is 17.9 Å². The van der Waals surface area contributed by atoms with Crippen LogP contribution in [0.2, 0.25) is 0 Å². The lowest BCUT2D eigenvalue weighted by Crippen LogP contribution is -2.26. The van der Waals surface area contributed by atoms with Crippen LogP contribution in [-0.2, 0) is 13.8 Å². The molecule has 2 rings (SSSR count). The summed E-state index contributed by atoms with van der Waals surface area (Å²) in [7, 11) is 3.06. The van der Waals surface area contributed by atoms with Crippen molar-refractivity contribution in [1.29, 1.82) is 5.26 Å². The number of anilines is 1. The van der Waals surface area contributed by atoms with Gasteiger partial charge in [0.15, 0.2) is 0 Å². The SMILES string of the molecule is COc1ccc(C#N)c(N2CC(CS(=O)(=O)Cl)CC2=O)c1. The van der Waals surface area contributed by atoms with Crippen molar-refractivity contribution in [3.63, 3.8) is 0 Å². The smallest absolute Gasteiger partial charge is 0.232 e. The minimum atomic E-state index is -3.66. The maximum atomic E-state index is 12.1. The number of hydrogen-bond acceptors (Lipinski definition) is 5. The lowest BCUT2D eigenvalue weighted by atomic mass is 10.1. The van der Waals surface area contributed by atoms with Crippen molar-refractivity contribution in [1.82, 2.24) is 0 Å². The minimum Gasteiger partial charge on any atom is -0.497 e. The largest absolute Gasteiger partial charge is 0.497 e. The number of benzene rings is 1. The van der Waals surface area contributed by atoms with E-state index in [1.54, 1.807) is 18.2 Å². The zero-order chi connectivity index (χ0) is 15.6. The van der Waals surface area contributed by atoms with Crippen LogP contribution in [0.1, 0.15) is 12.0 Å². The van der Waals surface area contributed by atoms with Crippen LogP contribution in [-0.4, -0.2) is 33.7 Å². The van der Waals surface area contributed by atoms with Crippen molar-refractivity contribution in [2.75, 3.05) is 24.3 Å². The van der Waals surface area contributed by atoms with Gasteiger partial charge in [0.05, 0.1) is 24.1 Å². The molecule has 21 heavy (non-hydrogen) atoms. The Morgan fingerprint density at radius 2 is 2.24 bits per heavy atom. The van der Waals surface area contributed by atoms with E-state index in [0.29, 0.717) is 17.0 Å². The number of carbonyl (C=O) groups is 1. The first-order valence-corrected chi connectivity index (χ1v) is 8.62. The standard InChI is InChI=1S/C13H13ClN2O4S/c1-20-11-3-2-10(6-15)12(5-11)16-7-9(4-13(16)17)8-21(14,18)19/h2-3,5,9H,4,7-8H2,1H3. The molecule has 1 heterocycles. The van der Waals surface area contributed by atoms with E-state index in [2.05, 4.69) is 0 Å². The van der Waals surface area contributed by atoms with Crippen molar-refractivity contribution in [2.45, 2.75) is 6.42 Å². The second kappa shape index (κ2) is 5.92. The van der Waals surface area contributed by atoms with Gasteiger partial charge in [-0.15, -0.1) is 0 Å². The fraction of sp³-hybridized carbons (Fsp3) is 0.385. The number of rotatable bonds is 4. The van der Waals surface area contributed by atoms with Gasteiger partial charge in [-0.05, 0) is 12.1 Å². The number of ether oxygens (including phenoxy) is 1. The van der Waals surface area contributed by atoms with Gasteiger partial charge in [-0.2, -0.15) is 5.26 Å². The number of halogens is 1. The Morgan fingerprint density at radius 1 is 1.52 bits per heavy atom. The molecule has 0 spiro atoms. The molecule has 1 aromatic rings. The van der Waals surface area contributed by atoms with Gasteiger partial charge in [-0.3, -0.25) is 4.79 Å². The predicted octanol–water partition coefficient (Wildman–Crippen LogP) is 1.49. The van der Waals surface area contributed by atoms with Gasteiger partial charge in [-0.1, -0.05) is 0 Å². The third-order valence-electron chi connectivity index (χ3n) is 3.26. The zero-order valence-electron chi connectivity index (χ0n) is 11.2. The third kappa shape index (κ3) is 3.65. The summed E-state index contributed by atoms with van der Waals surface area (Å²) in [5, 5.41) is 9.14. The van der Waals surface area contributed by atoms with Crippen LogP contribution in [0, 0.1) is 17.2 Å². The van der Waals surface area contributed by atoms with Gasteiger partial charge >= 0.3 is 0 Å². The maximum Gasteiger partial charge on any atom is 0.232 e. The highest BCUT2D eigenvalue weighted by Gasteiger charge is 2.34. The molecule has 1 fully saturated rings. The van der Waals surface area contributed by atoms with E-state index in [1.165, 1.54) is 12.0 Å². The Labute approximate surface area is 127 Å². The van der Waals surface area contributed by atoms with E-state index < -0.39 is 9.05 Å². The summed E-state index contributed by atoms with van der Waals surface area (Å²) in [6, 6.07) is 6.80. The minimum absolute atomic E-state index is 0.0913. The normalized spacial score (nSPS) is 18.6. The molecule has 0 N–H and O–H groups in total. The first-order valence-electron chi connectivity index (χ1n) is 6.15. The molecule has 1 aliphatic heterocycles. The van der Waals surface area contributed by atoms with Crippen molar-refractivity contribution in [2.24, 2.45) is 5.92 Å².